The minimum absolute atomic E-state index is 0.291. The molecule has 128 valence electrons. The lowest BCUT2D eigenvalue weighted by molar-refractivity contribution is -0.137. The highest BCUT2D eigenvalue weighted by Crippen LogP contribution is 2.38. The van der Waals surface area contributed by atoms with E-state index in [4.69, 9.17) is 10.5 Å². The molecule has 2 aliphatic rings. The number of pyridine rings is 1. The second kappa shape index (κ2) is 5.18. The van der Waals surface area contributed by atoms with Crippen molar-refractivity contribution in [2.24, 2.45) is 0 Å². The maximum absolute atomic E-state index is 13.0. The summed E-state index contributed by atoms with van der Waals surface area (Å²) >= 11 is 0. The molecule has 24 heavy (non-hydrogen) atoms. The number of hydrogen-bond donors (Lipinski definition) is 2. The van der Waals surface area contributed by atoms with Gasteiger partial charge in [0.2, 0.25) is 0 Å². The van der Waals surface area contributed by atoms with Gasteiger partial charge in [-0.25, -0.2) is 4.98 Å². The first-order valence-corrected chi connectivity index (χ1v) is 7.65. The molecular weight excluding hydrogens is 323 g/mol. The number of nitrogens with one attached hydrogen (secondary N) is 1. The van der Waals surface area contributed by atoms with Gasteiger partial charge in [-0.05, 0) is 25.1 Å². The second-order valence-electron chi connectivity index (χ2n) is 6.06. The highest BCUT2D eigenvalue weighted by atomic mass is 19.4. The summed E-state index contributed by atoms with van der Waals surface area (Å²) in [5.74, 6) is -0.532. The number of nitrogens with zero attached hydrogens (tertiary/aromatic N) is 3. The SMILES string of the molecule is Nc1ncc(-c2cc3n(n2)CCOC32CCNC2)cc1C(F)(F)F. The van der Waals surface area contributed by atoms with Gasteiger partial charge in [-0.1, -0.05) is 0 Å². The molecule has 1 saturated heterocycles. The van der Waals surface area contributed by atoms with Crippen LogP contribution in [0.2, 0.25) is 0 Å². The number of aromatic nitrogens is 3. The molecule has 0 aliphatic carbocycles. The van der Waals surface area contributed by atoms with Crippen molar-refractivity contribution in [3.63, 3.8) is 0 Å². The van der Waals surface area contributed by atoms with Crippen LogP contribution in [0.1, 0.15) is 17.7 Å². The number of anilines is 1. The van der Waals surface area contributed by atoms with Gasteiger partial charge < -0.3 is 15.8 Å². The molecule has 1 spiro atoms. The topological polar surface area (TPSA) is 78.0 Å². The average Bonchev–Trinajstić information content (AvgIpc) is 3.15. The Bertz CT molecular complexity index is 780. The van der Waals surface area contributed by atoms with Gasteiger partial charge in [0, 0.05) is 18.3 Å². The zero-order valence-corrected chi connectivity index (χ0v) is 12.7. The number of halogens is 3. The van der Waals surface area contributed by atoms with Gasteiger partial charge in [-0.15, -0.1) is 0 Å². The van der Waals surface area contributed by atoms with Crippen LogP contribution in [0.15, 0.2) is 18.3 Å². The Morgan fingerprint density at radius 1 is 1.33 bits per heavy atom. The van der Waals surface area contributed by atoms with Crippen molar-refractivity contribution in [3.8, 4) is 11.3 Å². The van der Waals surface area contributed by atoms with Gasteiger partial charge in [0.1, 0.15) is 11.4 Å². The zero-order chi connectivity index (χ0) is 16.9. The van der Waals surface area contributed by atoms with E-state index in [2.05, 4.69) is 15.4 Å². The lowest BCUT2D eigenvalue weighted by atomic mass is 9.96. The van der Waals surface area contributed by atoms with Crippen LogP contribution in [0.3, 0.4) is 0 Å². The Labute approximate surface area is 135 Å². The first-order valence-electron chi connectivity index (χ1n) is 7.65. The maximum Gasteiger partial charge on any atom is 0.419 e. The summed E-state index contributed by atoms with van der Waals surface area (Å²) in [6, 6.07) is 2.79. The number of ether oxygens (including phenoxy) is 1. The van der Waals surface area contributed by atoms with Crippen LogP contribution in [0.4, 0.5) is 19.0 Å². The first-order chi connectivity index (χ1) is 11.4. The van der Waals surface area contributed by atoms with E-state index in [1.54, 1.807) is 6.07 Å². The molecule has 3 N–H and O–H groups in total. The van der Waals surface area contributed by atoms with Gasteiger partial charge in [0.15, 0.2) is 0 Å². The van der Waals surface area contributed by atoms with Crippen LogP contribution in [-0.4, -0.2) is 34.5 Å². The lowest BCUT2D eigenvalue weighted by Crippen LogP contribution is -2.40. The number of fused-ring (bicyclic) bond motifs is 2. The standard InChI is InChI=1S/C15H16F3N5O/c16-15(17,18)10-5-9(7-21-13(10)19)11-6-12-14(1-2-20-8-14)24-4-3-23(12)22-11/h5-7,20H,1-4,8H2,(H2,19,21). The molecule has 2 aromatic rings. The molecule has 0 aromatic carbocycles. The fourth-order valence-electron chi connectivity index (χ4n) is 3.35. The number of nitrogens with two attached hydrogens (primary N) is 1. The fourth-order valence-corrected chi connectivity index (χ4v) is 3.35. The van der Waals surface area contributed by atoms with Crippen LogP contribution in [0.5, 0.6) is 0 Å². The Balaban J connectivity index is 1.78. The third-order valence-corrected chi connectivity index (χ3v) is 4.56. The van der Waals surface area contributed by atoms with Crippen LogP contribution in [0, 0.1) is 0 Å². The predicted octanol–water partition coefficient (Wildman–Crippen LogP) is 1.76. The van der Waals surface area contributed by atoms with Crippen molar-refractivity contribution in [3.05, 3.63) is 29.6 Å². The van der Waals surface area contributed by atoms with Crippen molar-refractivity contribution in [2.75, 3.05) is 25.4 Å². The minimum Gasteiger partial charge on any atom is -0.383 e. The molecule has 1 atom stereocenters. The summed E-state index contributed by atoms with van der Waals surface area (Å²) in [7, 11) is 0. The third kappa shape index (κ3) is 2.35. The summed E-state index contributed by atoms with van der Waals surface area (Å²) in [5, 5.41) is 7.72. The number of rotatable bonds is 1. The van der Waals surface area contributed by atoms with Crippen molar-refractivity contribution in [2.45, 2.75) is 24.7 Å². The van der Waals surface area contributed by atoms with Crippen molar-refractivity contribution in [1.82, 2.24) is 20.1 Å². The highest BCUT2D eigenvalue weighted by Gasteiger charge is 2.42. The van der Waals surface area contributed by atoms with Crippen LogP contribution in [0.25, 0.3) is 11.3 Å². The van der Waals surface area contributed by atoms with Gasteiger partial charge in [0.25, 0.3) is 0 Å². The van der Waals surface area contributed by atoms with Crippen molar-refractivity contribution < 1.29 is 17.9 Å². The van der Waals surface area contributed by atoms with Crippen molar-refractivity contribution >= 4 is 5.82 Å². The number of alkyl halides is 3. The quantitative estimate of drug-likeness (QED) is 0.828. The third-order valence-electron chi connectivity index (χ3n) is 4.56. The van der Waals surface area contributed by atoms with E-state index in [1.165, 1.54) is 6.20 Å². The summed E-state index contributed by atoms with van der Waals surface area (Å²) in [4.78, 5) is 3.68. The lowest BCUT2D eigenvalue weighted by Gasteiger charge is -2.33. The molecule has 1 unspecified atom stereocenters. The van der Waals surface area contributed by atoms with Gasteiger partial charge >= 0.3 is 6.18 Å². The van der Waals surface area contributed by atoms with E-state index in [0.717, 1.165) is 24.7 Å². The molecule has 0 bridgehead atoms. The van der Waals surface area contributed by atoms with Crippen LogP contribution in [-0.2, 0) is 23.1 Å². The van der Waals surface area contributed by atoms with Crippen molar-refractivity contribution in [1.29, 1.82) is 0 Å². The molecule has 4 heterocycles. The molecule has 6 nitrogen and oxygen atoms in total. The van der Waals surface area contributed by atoms with Gasteiger partial charge in [0.05, 0.1) is 30.1 Å². The summed E-state index contributed by atoms with van der Waals surface area (Å²) < 4.78 is 46.9. The molecule has 4 rings (SSSR count). The van der Waals surface area contributed by atoms with E-state index in [-0.39, 0.29) is 0 Å². The van der Waals surface area contributed by atoms with E-state index in [0.29, 0.717) is 31.0 Å². The predicted molar refractivity (Wildman–Crippen MR) is 80.0 cm³/mol. The Morgan fingerprint density at radius 2 is 2.17 bits per heavy atom. The smallest absolute Gasteiger partial charge is 0.383 e. The molecule has 0 amide bonds. The Morgan fingerprint density at radius 3 is 2.88 bits per heavy atom. The second-order valence-corrected chi connectivity index (χ2v) is 6.06. The molecular formula is C15H16F3N5O. The molecule has 0 radical (unpaired) electrons. The van der Waals surface area contributed by atoms with E-state index in [9.17, 15) is 13.2 Å². The largest absolute Gasteiger partial charge is 0.419 e. The molecule has 2 aliphatic heterocycles. The van der Waals surface area contributed by atoms with E-state index >= 15 is 0 Å². The van der Waals surface area contributed by atoms with Crippen LogP contribution >= 0.6 is 0 Å². The molecule has 9 heteroatoms. The average molecular weight is 339 g/mol. The zero-order valence-electron chi connectivity index (χ0n) is 12.7. The molecule has 2 aromatic heterocycles. The summed E-state index contributed by atoms with van der Waals surface area (Å²) in [5.41, 5.74) is 5.59. The molecule has 1 fully saturated rings. The van der Waals surface area contributed by atoms with E-state index < -0.39 is 23.2 Å². The minimum atomic E-state index is -4.55. The van der Waals surface area contributed by atoms with Crippen LogP contribution < -0.4 is 11.1 Å². The first kappa shape index (κ1) is 15.4. The highest BCUT2D eigenvalue weighted by molar-refractivity contribution is 5.63. The van der Waals surface area contributed by atoms with Gasteiger partial charge in [-0.3, -0.25) is 4.68 Å². The monoisotopic (exact) mass is 339 g/mol. The Kier molecular flexibility index (Phi) is 3.33. The fraction of sp³-hybridized carbons (Fsp3) is 0.467. The van der Waals surface area contributed by atoms with Gasteiger partial charge in [-0.2, -0.15) is 18.3 Å². The summed E-state index contributed by atoms with van der Waals surface area (Å²) in [6.45, 7) is 2.61. The maximum atomic E-state index is 13.0. The summed E-state index contributed by atoms with van der Waals surface area (Å²) in [6.07, 6.45) is -2.42. The normalized spacial score (nSPS) is 23.6. The number of hydrogen-bond acceptors (Lipinski definition) is 5. The van der Waals surface area contributed by atoms with E-state index in [1.807, 2.05) is 4.68 Å². The molecule has 0 saturated carbocycles. The Hall–Kier alpha value is -2.13. The number of nitrogen functional groups attached to an aromatic ring is 1.